The van der Waals surface area contributed by atoms with Gasteiger partial charge in [-0.2, -0.15) is 0 Å². The van der Waals surface area contributed by atoms with Crippen LogP contribution in [-0.4, -0.2) is 31.1 Å². The third kappa shape index (κ3) is 7.44. The minimum Gasteiger partial charge on any atom is -0.315 e. The Hall–Kier alpha value is -0.380. The molecule has 1 atom stereocenters. The standard InChI is InChI=1S/C18H34N2S/c1-4-7-8-9-10-11-14-19-16-17(20(5-2)6-3)18-13-12-15-21-18/h12-13,15,17,19H,4-11,14,16H2,1-3H3. The number of thiophene rings is 1. The highest BCUT2D eigenvalue weighted by Crippen LogP contribution is 2.24. The molecular weight excluding hydrogens is 276 g/mol. The molecule has 3 heteroatoms. The molecule has 0 aliphatic heterocycles. The van der Waals surface area contributed by atoms with Crippen LogP contribution in [0.25, 0.3) is 0 Å². The Morgan fingerprint density at radius 3 is 2.38 bits per heavy atom. The van der Waals surface area contributed by atoms with Crippen LogP contribution in [-0.2, 0) is 0 Å². The van der Waals surface area contributed by atoms with Crippen molar-refractivity contribution in [2.45, 2.75) is 65.3 Å². The van der Waals surface area contributed by atoms with Gasteiger partial charge in [-0.15, -0.1) is 11.3 Å². The lowest BCUT2D eigenvalue weighted by atomic mass is 10.1. The molecule has 122 valence electrons. The molecule has 0 fully saturated rings. The van der Waals surface area contributed by atoms with Gasteiger partial charge in [0.15, 0.2) is 0 Å². The first-order chi connectivity index (χ1) is 10.3. The van der Waals surface area contributed by atoms with Gasteiger partial charge in [0, 0.05) is 11.4 Å². The van der Waals surface area contributed by atoms with Crippen molar-refractivity contribution in [3.8, 4) is 0 Å². The van der Waals surface area contributed by atoms with E-state index in [1.807, 2.05) is 11.3 Å². The van der Waals surface area contributed by atoms with Crippen molar-refractivity contribution in [1.82, 2.24) is 10.2 Å². The average molecular weight is 311 g/mol. The van der Waals surface area contributed by atoms with Crippen LogP contribution in [0.2, 0.25) is 0 Å². The van der Waals surface area contributed by atoms with Crippen LogP contribution in [0.1, 0.15) is 70.2 Å². The second-order valence-electron chi connectivity index (χ2n) is 5.72. The Bertz CT molecular complexity index is 320. The van der Waals surface area contributed by atoms with Gasteiger partial charge in [-0.3, -0.25) is 4.90 Å². The first-order valence-corrected chi connectivity index (χ1v) is 9.69. The molecular formula is C18H34N2S. The van der Waals surface area contributed by atoms with Crippen LogP contribution in [0.5, 0.6) is 0 Å². The summed E-state index contributed by atoms with van der Waals surface area (Å²) in [6, 6.07) is 4.99. The molecule has 0 spiro atoms. The van der Waals surface area contributed by atoms with Crippen LogP contribution < -0.4 is 5.32 Å². The van der Waals surface area contributed by atoms with Crippen molar-refractivity contribution >= 4 is 11.3 Å². The number of likely N-dealkylation sites (N-methyl/N-ethyl adjacent to an activating group) is 1. The van der Waals surface area contributed by atoms with E-state index in [1.165, 1.54) is 43.4 Å². The molecule has 0 aliphatic rings. The molecule has 0 bridgehead atoms. The molecule has 0 aliphatic carbocycles. The first kappa shape index (κ1) is 18.7. The normalized spacial score (nSPS) is 13.0. The van der Waals surface area contributed by atoms with Gasteiger partial charge in [-0.1, -0.05) is 58.9 Å². The third-order valence-corrected chi connectivity index (χ3v) is 5.14. The van der Waals surface area contributed by atoms with E-state index in [0.29, 0.717) is 6.04 Å². The maximum absolute atomic E-state index is 3.68. The number of hydrogen-bond donors (Lipinski definition) is 1. The van der Waals surface area contributed by atoms with Crippen LogP contribution >= 0.6 is 11.3 Å². The predicted octanol–water partition coefficient (Wildman–Crippen LogP) is 5.08. The van der Waals surface area contributed by atoms with Gasteiger partial charge in [0.1, 0.15) is 0 Å². The second-order valence-corrected chi connectivity index (χ2v) is 6.70. The van der Waals surface area contributed by atoms with E-state index < -0.39 is 0 Å². The molecule has 21 heavy (non-hydrogen) atoms. The zero-order valence-electron chi connectivity index (χ0n) is 14.2. The number of nitrogens with zero attached hydrogens (tertiary/aromatic N) is 1. The Morgan fingerprint density at radius 2 is 1.76 bits per heavy atom. The quantitative estimate of drug-likeness (QED) is 0.511. The number of nitrogens with one attached hydrogen (secondary N) is 1. The van der Waals surface area contributed by atoms with E-state index in [9.17, 15) is 0 Å². The maximum Gasteiger partial charge on any atom is 0.0566 e. The number of rotatable bonds is 13. The molecule has 1 N–H and O–H groups in total. The van der Waals surface area contributed by atoms with Gasteiger partial charge < -0.3 is 5.32 Å². The van der Waals surface area contributed by atoms with E-state index in [4.69, 9.17) is 0 Å². The Morgan fingerprint density at radius 1 is 1.05 bits per heavy atom. The zero-order chi connectivity index (χ0) is 15.3. The minimum atomic E-state index is 0.542. The van der Waals surface area contributed by atoms with Gasteiger partial charge in [0.2, 0.25) is 0 Å². The highest BCUT2D eigenvalue weighted by atomic mass is 32.1. The predicted molar refractivity (Wildman–Crippen MR) is 96.2 cm³/mol. The van der Waals surface area contributed by atoms with Crippen LogP contribution in [0.15, 0.2) is 17.5 Å². The lowest BCUT2D eigenvalue weighted by molar-refractivity contribution is 0.216. The fourth-order valence-corrected chi connectivity index (χ4v) is 3.68. The summed E-state index contributed by atoms with van der Waals surface area (Å²) in [4.78, 5) is 4.05. The maximum atomic E-state index is 3.68. The molecule has 1 aromatic heterocycles. The summed E-state index contributed by atoms with van der Waals surface area (Å²) in [5.41, 5.74) is 0. The molecule has 1 unspecified atom stereocenters. The molecule has 1 rings (SSSR count). The van der Waals surface area contributed by atoms with Crippen molar-refractivity contribution in [3.05, 3.63) is 22.4 Å². The first-order valence-electron chi connectivity index (χ1n) is 8.81. The van der Waals surface area contributed by atoms with E-state index in [2.05, 4.69) is 48.5 Å². The molecule has 1 heterocycles. The van der Waals surface area contributed by atoms with Gasteiger partial charge in [0.05, 0.1) is 6.04 Å². The van der Waals surface area contributed by atoms with Crippen molar-refractivity contribution < 1.29 is 0 Å². The van der Waals surface area contributed by atoms with Gasteiger partial charge in [0.25, 0.3) is 0 Å². The number of unbranched alkanes of at least 4 members (excludes halogenated alkanes) is 5. The van der Waals surface area contributed by atoms with Crippen LogP contribution in [0.4, 0.5) is 0 Å². The summed E-state index contributed by atoms with van der Waals surface area (Å²) in [5.74, 6) is 0. The van der Waals surface area contributed by atoms with Gasteiger partial charge in [-0.25, -0.2) is 0 Å². The van der Waals surface area contributed by atoms with Crippen molar-refractivity contribution in [1.29, 1.82) is 0 Å². The summed E-state index contributed by atoms with van der Waals surface area (Å²) in [7, 11) is 0. The van der Waals surface area contributed by atoms with Crippen molar-refractivity contribution in [3.63, 3.8) is 0 Å². The summed E-state index contributed by atoms with van der Waals surface area (Å²) < 4.78 is 0. The van der Waals surface area contributed by atoms with Gasteiger partial charge >= 0.3 is 0 Å². The Balaban J connectivity index is 2.24. The zero-order valence-corrected chi connectivity index (χ0v) is 15.1. The molecule has 0 amide bonds. The van der Waals surface area contributed by atoms with E-state index in [0.717, 1.165) is 26.2 Å². The monoisotopic (exact) mass is 310 g/mol. The molecule has 0 aromatic carbocycles. The smallest absolute Gasteiger partial charge is 0.0566 e. The van der Waals surface area contributed by atoms with E-state index >= 15 is 0 Å². The summed E-state index contributed by atoms with van der Waals surface area (Å²) in [6.45, 7) is 11.3. The molecule has 2 nitrogen and oxygen atoms in total. The lowest BCUT2D eigenvalue weighted by Gasteiger charge is -2.29. The van der Waals surface area contributed by atoms with Gasteiger partial charge in [-0.05, 0) is 37.5 Å². The largest absolute Gasteiger partial charge is 0.315 e. The second kappa shape index (κ2) is 12.2. The topological polar surface area (TPSA) is 15.3 Å². The van der Waals surface area contributed by atoms with Crippen molar-refractivity contribution in [2.75, 3.05) is 26.2 Å². The SMILES string of the molecule is CCCCCCCCNCC(c1cccs1)N(CC)CC. The summed E-state index contributed by atoms with van der Waals surface area (Å²) in [6.07, 6.45) is 8.25. The van der Waals surface area contributed by atoms with E-state index in [-0.39, 0.29) is 0 Å². The fourth-order valence-electron chi connectivity index (χ4n) is 2.82. The number of hydrogen-bond acceptors (Lipinski definition) is 3. The van der Waals surface area contributed by atoms with E-state index in [1.54, 1.807) is 0 Å². The average Bonchev–Trinajstić information content (AvgIpc) is 3.03. The molecule has 0 saturated heterocycles. The van der Waals surface area contributed by atoms with Crippen LogP contribution in [0, 0.1) is 0 Å². The van der Waals surface area contributed by atoms with Crippen LogP contribution in [0.3, 0.4) is 0 Å². The third-order valence-electron chi connectivity index (χ3n) is 4.17. The lowest BCUT2D eigenvalue weighted by Crippen LogP contribution is -2.35. The Kier molecular flexibility index (Phi) is 10.8. The highest BCUT2D eigenvalue weighted by Gasteiger charge is 2.18. The minimum absolute atomic E-state index is 0.542. The fraction of sp³-hybridized carbons (Fsp3) is 0.778. The molecule has 1 aromatic rings. The molecule has 0 saturated carbocycles. The summed E-state index contributed by atoms with van der Waals surface area (Å²) in [5, 5.41) is 5.87. The highest BCUT2D eigenvalue weighted by molar-refractivity contribution is 7.10. The van der Waals surface area contributed by atoms with Crippen molar-refractivity contribution in [2.24, 2.45) is 0 Å². The summed E-state index contributed by atoms with van der Waals surface area (Å²) >= 11 is 1.89. The molecule has 0 radical (unpaired) electrons. The Labute approximate surface area is 135 Å².